The third-order valence-corrected chi connectivity index (χ3v) is 3.40. The Morgan fingerprint density at radius 3 is 2.67 bits per heavy atom. The Kier molecular flexibility index (Phi) is 4.70. The Balaban J connectivity index is 2.18. The molecule has 0 saturated carbocycles. The first-order valence-electron chi connectivity index (χ1n) is 6.08. The second-order valence-electron chi connectivity index (χ2n) is 4.16. The predicted molar refractivity (Wildman–Crippen MR) is 82.2 cm³/mol. The van der Waals surface area contributed by atoms with Crippen molar-refractivity contribution in [1.82, 2.24) is 9.97 Å². The van der Waals surface area contributed by atoms with E-state index in [-0.39, 0.29) is 12.1 Å². The number of aliphatic imine (C=N–C) groups is 1. The highest BCUT2D eigenvalue weighted by molar-refractivity contribution is 7.70. The number of H-pyrrole nitrogens is 1. The first-order valence-corrected chi connectivity index (χ1v) is 7.69. The minimum absolute atomic E-state index is 0.125. The lowest BCUT2D eigenvalue weighted by Gasteiger charge is -2.11. The number of imidazole rings is 1. The van der Waals surface area contributed by atoms with Crippen molar-refractivity contribution in [3.05, 3.63) is 49.4 Å². The van der Waals surface area contributed by atoms with Crippen LogP contribution in [0.2, 0.25) is 0 Å². The van der Waals surface area contributed by atoms with E-state index in [4.69, 9.17) is 0 Å². The minimum Gasteiger partial charge on any atom is -0.345 e. The molecule has 0 aliphatic rings. The number of aromatic amines is 1. The molecule has 0 amide bonds. The fourth-order valence-corrected chi connectivity index (χ4v) is 2.17. The summed E-state index contributed by atoms with van der Waals surface area (Å²) in [6, 6.07) is 7.02. The summed E-state index contributed by atoms with van der Waals surface area (Å²) in [5, 5.41) is 2.64. The van der Waals surface area contributed by atoms with E-state index in [9.17, 15) is 14.4 Å². The van der Waals surface area contributed by atoms with Gasteiger partial charge in [0.05, 0.1) is 24.8 Å². The Bertz CT molecular complexity index is 674. The van der Waals surface area contributed by atoms with Gasteiger partial charge in [-0.25, -0.2) is 4.98 Å². The lowest BCUT2D eigenvalue weighted by molar-refractivity contribution is 0.390. The van der Waals surface area contributed by atoms with Gasteiger partial charge in [-0.3, -0.25) is 9.56 Å². The van der Waals surface area contributed by atoms with Crippen LogP contribution in [0.3, 0.4) is 0 Å². The van der Waals surface area contributed by atoms with Gasteiger partial charge in [-0.1, -0.05) is 18.2 Å². The third kappa shape index (κ3) is 4.13. The molecule has 1 aromatic heterocycles. The summed E-state index contributed by atoms with van der Waals surface area (Å²) in [4.78, 5) is 29.2. The molecule has 0 aliphatic carbocycles. The van der Waals surface area contributed by atoms with Gasteiger partial charge >= 0.3 is 7.60 Å². The molecular weight excluding hydrogens is 291 g/mol. The molecule has 0 fully saturated rings. The number of amidine groups is 1. The fraction of sp³-hybridized carbons (Fsp3) is 0.0769. The van der Waals surface area contributed by atoms with Gasteiger partial charge in [-0.2, -0.15) is 0 Å². The van der Waals surface area contributed by atoms with Crippen LogP contribution >= 0.6 is 7.60 Å². The smallest absolute Gasteiger partial charge is 0.345 e. The van der Waals surface area contributed by atoms with Gasteiger partial charge in [-0.05, 0) is 17.7 Å². The molecule has 4 N–H and O–H groups in total. The molecule has 110 valence electrons. The molecule has 7 nitrogen and oxygen atoms in total. The number of nitrogens with zero attached hydrogens (tertiary/aromatic N) is 2. The van der Waals surface area contributed by atoms with E-state index in [1.807, 2.05) is 0 Å². The number of nitrogens with one attached hydrogen (secondary N) is 2. The predicted octanol–water partition coefficient (Wildman–Crippen LogP) is 2.21. The van der Waals surface area contributed by atoms with Gasteiger partial charge < -0.3 is 20.1 Å². The van der Waals surface area contributed by atoms with E-state index in [2.05, 4.69) is 26.9 Å². The maximum absolute atomic E-state index is 11.3. The van der Waals surface area contributed by atoms with E-state index < -0.39 is 7.60 Å². The average molecular weight is 306 g/mol. The van der Waals surface area contributed by atoms with Gasteiger partial charge in [0.25, 0.3) is 0 Å². The van der Waals surface area contributed by atoms with Crippen LogP contribution in [0.25, 0.3) is 11.3 Å². The number of rotatable bonds is 5. The molecule has 0 unspecified atom stereocenters. The fourth-order valence-electron chi connectivity index (χ4n) is 1.63. The Morgan fingerprint density at radius 2 is 2.14 bits per heavy atom. The Hall–Kier alpha value is -2.21. The molecule has 0 aliphatic heterocycles. The zero-order valence-electron chi connectivity index (χ0n) is 11.1. The summed E-state index contributed by atoms with van der Waals surface area (Å²) < 4.78 is 11.3. The van der Waals surface area contributed by atoms with Crippen molar-refractivity contribution >= 4 is 18.9 Å². The molecule has 8 heteroatoms. The number of hydrogen-bond donors (Lipinski definition) is 4. The monoisotopic (exact) mass is 306 g/mol. The van der Waals surface area contributed by atoms with Crippen molar-refractivity contribution in [2.45, 2.75) is 0 Å². The van der Waals surface area contributed by atoms with E-state index in [0.29, 0.717) is 5.69 Å². The van der Waals surface area contributed by atoms with Gasteiger partial charge in [0, 0.05) is 5.69 Å². The highest BCUT2D eigenvalue weighted by atomic mass is 31.2. The lowest BCUT2D eigenvalue weighted by atomic mass is 10.1. The van der Waals surface area contributed by atoms with Crippen molar-refractivity contribution in [3.8, 4) is 11.3 Å². The summed E-state index contributed by atoms with van der Waals surface area (Å²) in [6.07, 6.45) is 4.73. The maximum Gasteiger partial charge on any atom is 0.390 e. The molecule has 0 saturated heterocycles. The largest absolute Gasteiger partial charge is 0.390 e. The number of hydrogen-bond acceptors (Lipinski definition) is 3. The third-order valence-electron chi connectivity index (χ3n) is 2.60. The quantitative estimate of drug-likeness (QED) is 0.293. The molecule has 0 bridgehead atoms. The first kappa shape index (κ1) is 15.2. The second-order valence-corrected chi connectivity index (χ2v) is 5.68. The standard InChI is InChI=1S/C13H15N4O3P/c1-2-7-15-13(21(18,19)20)17-11-5-3-10(4-6-11)12-8-14-9-16-12/h2-6,8-9H,1,7H2,(H,14,16)(H,15,17)(H2,18,19,20). The zero-order valence-corrected chi connectivity index (χ0v) is 12.0. The van der Waals surface area contributed by atoms with Crippen LogP contribution in [0, 0.1) is 0 Å². The highest BCUT2D eigenvalue weighted by Crippen LogP contribution is 2.37. The summed E-state index contributed by atoms with van der Waals surface area (Å²) in [5.74, 6) is 0. The highest BCUT2D eigenvalue weighted by Gasteiger charge is 2.22. The van der Waals surface area contributed by atoms with Crippen LogP contribution in [0.15, 0.2) is 54.4 Å². The number of aromatic nitrogens is 2. The van der Waals surface area contributed by atoms with E-state index in [1.165, 1.54) is 6.08 Å². The summed E-state index contributed by atoms with van der Waals surface area (Å²) in [6.45, 7) is 3.59. The van der Waals surface area contributed by atoms with Crippen LogP contribution in [-0.4, -0.2) is 31.9 Å². The topological polar surface area (TPSA) is 111 Å². The maximum atomic E-state index is 11.3. The van der Waals surface area contributed by atoms with E-state index >= 15 is 0 Å². The first-order chi connectivity index (χ1) is 10.0. The van der Waals surface area contributed by atoms with Crippen molar-refractivity contribution in [1.29, 1.82) is 0 Å². The van der Waals surface area contributed by atoms with Crippen LogP contribution in [0.1, 0.15) is 0 Å². The SMILES string of the molecule is C=CCN=C(Nc1ccc(-c2cnc[nH]2)cc1)P(=O)(O)O. The summed E-state index contributed by atoms with van der Waals surface area (Å²) in [5.41, 5.74) is 1.93. The Morgan fingerprint density at radius 1 is 1.43 bits per heavy atom. The van der Waals surface area contributed by atoms with Gasteiger partial charge in [0.1, 0.15) is 0 Å². The van der Waals surface area contributed by atoms with Gasteiger partial charge in [0.15, 0.2) is 0 Å². The molecule has 21 heavy (non-hydrogen) atoms. The molecular formula is C13H15N4O3P. The second kappa shape index (κ2) is 6.49. The summed E-state index contributed by atoms with van der Waals surface area (Å²) in [7, 11) is -4.46. The minimum atomic E-state index is -4.46. The average Bonchev–Trinajstić information content (AvgIpc) is 2.97. The van der Waals surface area contributed by atoms with Crippen molar-refractivity contribution < 1.29 is 14.4 Å². The molecule has 1 aromatic carbocycles. The van der Waals surface area contributed by atoms with Crippen molar-refractivity contribution in [2.24, 2.45) is 4.99 Å². The zero-order chi connectivity index (χ0) is 15.3. The number of anilines is 1. The normalized spacial score (nSPS) is 12.2. The molecule has 2 rings (SSSR count). The van der Waals surface area contributed by atoms with Crippen molar-refractivity contribution in [3.63, 3.8) is 0 Å². The van der Waals surface area contributed by atoms with Crippen LogP contribution in [-0.2, 0) is 4.57 Å². The van der Waals surface area contributed by atoms with Crippen LogP contribution < -0.4 is 5.32 Å². The van der Waals surface area contributed by atoms with Crippen LogP contribution in [0.5, 0.6) is 0 Å². The molecule has 1 heterocycles. The van der Waals surface area contributed by atoms with Gasteiger partial charge in [0.2, 0.25) is 5.58 Å². The number of benzene rings is 1. The lowest BCUT2D eigenvalue weighted by Crippen LogP contribution is -2.13. The molecule has 2 aromatic rings. The Labute approximate surface area is 121 Å². The van der Waals surface area contributed by atoms with E-state index in [1.54, 1.807) is 36.8 Å². The van der Waals surface area contributed by atoms with Crippen LogP contribution in [0.4, 0.5) is 5.69 Å². The summed E-state index contributed by atoms with van der Waals surface area (Å²) >= 11 is 0. The molecule has 0 atom stereocenters. The van der Waals surface area contributed by atoms with Crippen molar-refractivity contribution in [2.75, 3.05) is 11.9 Å². The molecule has 0 spiro atoms. The van der Waals surface area contributed by atoms with Gasteiger partial charge in [-0.15, -0.1) is 6.58 Å². The molecule has 0 radical (unpaired) electrons. The van der Waals surface area contributed by atoms with E-state index in [0.717, 1.165) is 11.3 Å².